The molecule has 1 atom stereocenters. The highest BCUT2D eigenvalue weighted by Gasteiger charge is 2.13. The SMILES string of the molecule is CC(=O)CC(C=O)C(C)C. The first-order valence-electron chi connectivity index (χ1n) is 3.52. The lowest BCUT2D eigenvalue weighted by atomic mass is 9.93. The fourth-order valence-electron chi connectivity index (χ4n) is 0.773. The van der Waals surface area contributed by atoms with Gasteiger partial charge < -0.3 is 9.59 Å². The molecule has 0 aliphatic rings. The summed E-state index contributed by atoms with van der Waals surface area (Å²) in [6.45, 7) is 5.41. The quantitative estimate of drug-likeness (QED) is 0.556. The Hall–Kier alpha value is -0.660. The highest BCUT2D eigenvalue weighted by molar-refractivity contribution is 5.78. The van der Waals surface area contributed by atoms with E-state index in [2.05, 4.69) is 0 Å². The molecule has 58 valence electrons. The predicted molar refractivity (Wildman–Crippen MR) is 39.7 cm³/mol. The maximum absolute atomic E-state index is 10.6. The van der Waals surface area contributed by atoms with E-state index < -0.39 is 0 Å². The molecule has 0 spiro atoms. The van der Waals surface area contributed by atoms with Crippen LogP contribution in [-0.2, 0) is 9.59 Å². The zero-order valence-corrected chi connectivity index (χ0v) is 6.76. The number of carbonyl (C=O) groups is 2. The predicted octanol–water partition coefficient (Wildman–Crippen LogP) is 1.44. The molecule has 0 aromatic carbocycles. The van der Waals surface area contributed by atoms with Gasteiger partial charge in [0, 0.05) is 12.3 Å². The maximum atomic E-state index is 10.6. The summed E-state index contributed by atoms with van der Waals surface area (Å²) >= 11 is 0. The molecule has 0 saturated carbocycles. The highest BCUT2D eigenvalue weighted by atomic mass is 16.1. The van der Waals surface area contributed by atoms with Crippen LogP contribution in [0, 0.1) is 11.8 Å². The van der Waals surface area contributed by atoms with Crippen molar-refractivity contribution in [2.75, 3.05) is 0 Å². The molecule has 2 heteroatoms. The summed E-state index contributed by atoms with van der Waals surface area (Å²) in [6.07, 6.45) is 1.26. The summed E-state index contributed by atoms with van der Waals surface area (Å²) in [5.41, 5.74) is 0. The lowest BCUT2D eigenvalue weighted by molar-refractivity contribution is -0.122. The molecule has 1 unspecified atom stereocenters. The van der Waals surface area contributed by atoms with Crippen molar-refractivity contribution < 1.29 is 9.59 Å². The van der Waals surface area contributed by atoms with E-state index >= 15 is 0 Å². The second-order valence-corrected chi connectivity index (χ2v) is 2.95. The average Bonchev–Trinajstić information content (AvgIpc) is 1.81. The van der Waals surface area contributed by atoms with E-state index in [4.69, 9.17) is 0 Å². The summed E-state index contributed by atoms with van der Waals surface area (Å²) in [5.74, 6) is 0.282. The normalized spacial score (nSPS) is 13.2. The van der Waals surface area contributed by atoms with Gasteiger partial charge in [0.15, 0.2) is 0 Å². The first-order chi connectivity index (χ1) is 4.57. The van der Waals surface area contributed by atoms with Crippen LogP contribution in [0.3, 0.4) is 0 Å². The van der Waals surface area contributed by atoms with Crippen molar-refractivity contribution in [3.8, 4) is 0 Å². The van der Waals surface area contributed by atoms with Gasteiger partial charge in [0.05, 0.1) is 0 Å². The molecule has 0 aromatic heterocycles. The zero-order valence-electron chi connectivity index (χ0n) is 6.76. The smallest absolute Gasteiger partial charge is 0.130 e. The van der Waals surface area contributed by atoms with Gasteiger partial charge >= 0.3 is 0 Å². The van der Waals surface area contributed by atoms with Crippen LogP contribution in [0.2, 0.25) is 0 Å². The second-order valence-electron chi connectivity index (χ2n) is 2.95. The van der Waals surface area contributed by atoms with Gasteiger partial charge in [-0.25, -0.2) is 0 Å². The van der Waals surface area contributed by atoms with E-state index in [1.807, 2.05) is 13.8 Å². The standard InChI is InChI=1S/C8H14O2/c1-6(2)8(5-9)4-7(3)10/h5-6,8H,4H2,1-3H3. The van der Waals surface area contributed by atoms with Gasteiger partial charge in [0.2, 0.25) is 0 Å². The fourth-order valence-corrected chi connectivity index (χ4v) is 0.773. The summed E-state index contributed by atoms with van der Waals surface area (Å²) in [6, 6.07) is 0. The molecule has 2 nitrogen and oxygen atoms in total. The Bertz CT molecular complexity index is 127. The van der Waals surface area contributed by atoms with Gasteiger partial charge in [-0.1, -0.05) is 13.8 Å². The van der Waals surface area contributed by atoms with Crippen LogP contribution in [0.5, 0.6) is 0 Å². The van der Waals surface area contributed by atoms with Crippen molar-refractivity contribution >= 4 is 12.1 Å². The summed E-state index contributed by atoms with van der Waals surface area (Å²) in [4.78, 5) is 20.9. The zero-order chi connectivity index (χ0) is 8.15. The third kappa shape index (κ3) is 3.38. The fraction of sp³-hybridized carbons (Fsp3) is 0.750. The molecule has 10 heavy (non-hydrogen) atoms. The third-order valence-corrected chi connectivity index (χ3v) is 1.55. The first kappa shape index (κ1) is 9.34. The van der Waals surface area contributed by atoms with Crippen LogP contribution < -0.4 is 0 Å². The molecular weight excluding hydrogens is 128 g/mol. The van der Waals surface area contributed by atoms with Gasteiger partial charge in [0.1, 0.15) is 12.1 Å². The van der Waals surface area contributed by atoms with Crippen molar-refractivity contribution in [3.63, 3.8) is 0 Å². The van der Waals surface area contributed by atoms with Gasteiger partial charge in [-0.15, -0.1) is 0 Å². The van der Waals surface area contributed by atoms with E-state index in [0.29, 0.717) is 6.42 Å². The first-order valence-corrected chi connectivity index (χ1v) is 3.52. The number of hydrogen-bond donors (Lipinski definition) is 0. The molecule has 0 aromatic rings. The van der Waals surface area contributed by atoms with E-state index in [0.717, 1.165) is 6.29 Å². The lowest BCUT2D eigenvalue weighted by Gasteiger charge is -2.10. The largest absolute Gasteiger partial charge is 0.303 e. The minimum atomic E-state index is -0.0856. The minimum Gasteiger partial charge on any atom is -0.303 e. The van der Waals surface area contributed by atoms with Gasteiger partial charge in [-0.3, -0.25) is 0 Å². The van der Waals surface area contributed by atoms with Crippen LogP contribution in [0.15, 0.2) is 0 Å². The molecule has 0 heterocycles. The number of carbonyl (C=O) groups excluding carboxylic acids is 2. The molecule has 0 rings (SSSR count). The van der Waals surface area contributed by atoms with Gasteiger partial charge in [-0.2, -0.15) is 0 Å². The number of rotatable bonds is 4. The second kappa shape index (κ2) is 4.20. The number of ketones is 1. The Morgan fingerprint density at radius 2 is 2.00 bits per heavy atom. The number of aldehydes is 1. The summed E-state index contributed by atoms with van der Waals surface area (Å²) < 4.78 is 0. The van der Waals surface area contributed by atoms with Crippen molar-refractivity contribution in [3.05, 3.63) is 0 Å². The minimum absolute atomic E-state index is 0.0856. The van der Waals surface area contributed by atoms with Crippen LogP contribution in [0.4, 0.5) is 0 Å². The van der Waals surface area contributed by atoms with E-state index in [9.17, 15) is 9.59 Å². The van der Waals surface area contributed by atoms with Gasteiger partial charge in [0.25, 0.3) is 0 Å². The lowest BCUT2D eigenvalue weighted by Crippen LogP contribution is -2.13. The maximum Gasteiger partial charge on any atom is 0.130 e. The van der Waals surface area contributed by atoms with Crippen molar-refractivity contribution in [1.82, 2.24) is 0 Å². The molecule has 0 aliphatic carbocycles. The molecule has 0 fully saturated rings. The van der Waals surface area contributed by atoms with Crippen LogP contribution in [-0.4, -0.2) is 12.1 Å². The van der Waals surface area contributed by atoms with Crippen molar-refractivity contribution in [2.45, 2.75) is 27.2 Å². The Kier molecular flexibility index (Phi) is 3.93. The molecule has 0 aliphatic heterocycles. The Morgan fingerprint density at radius 3 is 2.10 bits per heavy atom. The van der Waals surface area contributed by atoms with Crippen LogP contribution in [0.25, 0.3) is 0 Å². The monoisotopic (exact) mass is 142 g/mol. The molecule has 0 saturated heterocycles. The average molecular weight is 142 g/mol. The Morgan fingerprint density at radius 1 is 1.50 bits per heavy atom. The van der Waals surface area contributed by atoms with E-state index in [1.54, 1.807) is 0 Å². The van der Waals surface area contributed by atoms with E-state index in [-0.39, 0.29) is 17.6 Å². The van der Waals surface area contributed by atoms with Crippen molar-refractivity contribution in [2.24, 2.45) is 11.8 Å². The van der Waals surface area contributed by atoms with Gasteiger partial charge in [-0.05, 0) is 12.8 Å². The Balaban J connectivity index is 3.83. The third-order valence-electron chi connectivity index (χ3n) is 1.55. The number of hydrogen-bond acceptors (Lipinski definition) is 2. The summed E-state index contributed by atoms with van der Waals surface area (Å²) in [5, 5.41) is 0. The topological polar surface area (TPSA) is 34.1 Å². The molecular formula is C8H14O2. The van der Waals surface area contributed by atoms with Crippen LogP contribution in [0.1, 0.15) is 27.2 Å². The Labute approximate surface area is 61.6 Å². The van der Waals surface area contributed by atoms with E-state index in [1.165, 1.54) is 6.92 Å². The van der Waals surface area contributed by atoms with Crippen LogP contribution >= 0.6 is 0 Å². The molecule has 0 amide bonds. The molecule has 0 radical (unpaired) electrons. The van der Waals surface area contributed by atoms with Crippen molar-refractivity contribution in [1.29, 1.82) is 0 Å². The summed E-state index contributed by atoms with van der Waals surface area (Å²) in [7, 11) is 0. The molecule has 0 N–H and O–H groups in total. The highest BCUT2D eigenvalue weighted by Crippen LogP contribution is 2.11. The molecule has 0 bridgehead atoms. The number of Topliss-reactive ketones (excluding diaryl/α,β-unsaturated/α-hetero) is 1.